The van der Waals surface area contributed by atoms with E-state index in [0.29, 0.717) is 6.54 Å². The van der Waals surface area contributed by atoms with Crippen LogP contribution in [0.4, 0.5) is 0 Å². The summed E-state index contributed by atoms with van der Waals surface area (Å²) in [6, 6.07) is 3.65. The molecule has 2 heterocycles. The Morgan fingerprint density at radius 1 is 1.32 bits per heavy atom. The third kappa shape index (κ3) is 4.08. The summed E-state index contributed by atoms with van der Waals surface area (Å²) in [5, 5.41) is 18.3. The molecule has 0 amide bonds. The smallest absolute Gasteiger partial charge is 0.110 e. The second-order valence-corrected chi connectivity index (χ2v) is 4.69. The van der Waals surface area contributed by atoms with Gasteiger partial charge in [-0.2, -0.15) is 0 Å². The lowest BCUT2D eigenvalue weighted by molar-refractivity contribution is 0.0887. The number of nitrogens with two attached hydrogens (primary N) is 1. The number of halogens is 2. The first-order valence-electron chi connectivity index (χ1n) is 5.93. The quantitative estimate of drug-likeness (QED) is 0.754. The van der Waals surface area contributed by atoms with Crippen LogP contribution >= 0.6 is 24.8 Å². The van der Waals surface area contributed by atoms with Crippen LogP contribution in [0.25, 0.3) is 0 Å². The van der Waals surface area contributed by atoms with Gasteiger partial charge in [-0.25, -0.2) is 0 Å². The van der Waals surface area contributed by atoms with Crippen LogP contribution in [0.1, 0.15) is 17.4 Å². The predicted octanol–water partition coefficient (Wildman–Crippen LogP) is 0.511. The zero-order valence-corrected chi connectivity index (χ0v) is 12.5. The third-order valence-electron chi connectivity index (χ3n) is 3.46. The van der Waals surface area contributed by atoms with Gasteiger partial charge in [-0.1, -0.05) is 0 Å². The van der Waals surface area contributed by atoms with Gasteiger partial charge in [-0.3, -0.25) is 4.90 Å². The van der Waals surface area contributed by atoms with E-state index >= 15 is 0 Å². The number of aryl methyl sites for hydroxylation is 1. The van der Waals surface area contributed by atoms with Crippen molar-refractivity contribution in [1.82, 2.24) is 4.90 Å². The molecule has 1 fully saturated rings. The van der Waals surface area contributed by atoms with E-state index in [4.69, 9.17) is 20.4 Å². The van der Waals surface area contributed by atoms with E-state index in [1.807, 2.05) is 24.0 Å². The molecule has 7 heteroatoms. The van der Waals surface area contributed by atoms with Crippen LogP contribution < -0.4 is 5.73 Å². The Morgan fingerprint density at radius 3 is 2.42 bits per heavy atom. The van der Waals surface area contributed by atoms with Gasteiger partial charge >= 0.3 is 0 Å². The van der Waals surface area contributed by atoms with Crippen LogP contribution in [-0.2, 0) is 0 Å². The van der Waals surface area contributed by atoms with Crippen LogP contribution in [0.15, 0.2) is 16.5 Å². The Hall–Kier alpha value is -0.300. The summed E-state index contributed by atoms with van der Waals surface area (Å²) in [4.78, 5) is 2.02. The molecule has 0 bridgehead atoms. The van der Waals surface area contributed by atoms with Gasteiger partial charge in [0.2, 0.25) is 0 Å². The maximum atomic E-state index is 9.17. The van der Waals surface area contributed by atoms with E-state index in [-0.39, 0.29) is 56.0 Å². The zero-order valence-electron chi connectivity index (χ0n) is 10.9. The number of rotatable bonds is 4. The molecule has 2 atom stereocenters. The van der Waals surface area contributed by atoms with E-state index in [1.54, 1.807) is 0 Å². The summed E-state index contributed by atoms with van der Waals surface area (Å²) in [5.41, 5.74) is 6.09. The van der Waals surface area contributed by atoms with Gasteiger partial charge in [-0.05, 0) is 19.1 Å². The molecule has 1 aromatic heterocycles. The number of hydrogen-bond donors (Lipinski definition) is 3. The largest absolute Gasteiger partial charge is 0.466 e. The molecule has 0 saturated carbocycles. The summed E-state index contributed by atoms with van der Waals surface area (Å²) in [6.45, 7) is 3.21. The molecule has 19 heavy (non-hydrogen) atoms. The van der Waals surface area contributed by atoms with Crippen molar-refractivity contribution in [2.45, 2.75) is 24.9 Å². The highest BCUT2D eigenvalue weighted by molar-refractivity contribution is 5.85. The summed E-state index contributed by atoms with van der Waals surface area (Å²) < 4.78 is 5.60. The first-order chi connectivity index (χ1) is 8.15. The molecule has 1 aliphatic rings. The highest BCUT2D eigenvalue weighted by Gasteiger charge is 2.36. The third-order valence-corrected chi connectivity index (χ3v) is 3.46. The molecule has 0 aromatic carbocycles. The van der Waals surface area contributed by atoms with Crippen LogP contribution in [0.3, 0.4) is 0 Å². The fraction of sp³-hybridized carbons (Fsp3) is 0.667. The fourth-order valence-corrected chi connectivity index (χ4v) is 2.40. The molecule has 5 nitrogen and oxygen atoms in total. The fourth-order valence-electron chi connectivity index (χ4n) is 2.40. The molecule has 2 rings (SSSR count). The molecule has 0 radical (unpaired) electrons. The summed E-state index contributed by atoms with van der Waals surface area (Å²) in [5.74, 6) is 1.92. The normalized spacial score (nSPS) is 23.2. The lowest BCUT2D eigenvalue weighted by Crippen LogP contribution is -2.40. The van der Waals surface area contributed by atoms with Gasteiger partial charge in [-0.15, -0.1) is 24.8 Å². The molecule has 1 saturated heterocycles. The van der Waals surface area contributed by atoms with Crippen molar-refractivity contribution in [1.29, 1.82) is 0 Å². The summed E-state index contributed by atoms with van der Waals surface area (Å²) >= 11 is 0. The van der Waals surface area contributed by atoms with Crippen molar-refractivity contribution in [3.63, 3.8) is 0 Å². The van der Waals surface area contributed by atoms with E-state index < -0.39 is 0 Å². The minimum atomic E-state index is -0.220. The van der Waals surface area contributed by atoms with E-state index in [0.717, 1.165) is 18.1 Å². The Kier molecular flexibility index (Phi) is 7.96. The maximum Gasteiger partial charge on any atom is 0.110 e. The Balaban J connectivity index is 0.00000162. The lowest BCUT2D eigenvalue weighted by Gasteiger charge is -2.23. The second-order valence-electron chi connectivity index (χ2n) is 4.69. The molecule has 1 aromatic rings. The molecular weight excluding hydrogens is 291 g/mol. The van der Waals surface area contributed by atoms with Crippen molar-refractivity contribution in [3.05, 3.63) is 23.7 Å². The predicted molar refractivity (Wildman–Crippen MR) is 78.2 cm³/mol. The molecule has 0 spiro atoms. The summed E-state index contributed by atoms with van der Waals surface area (Å²) in [7, 11) is 0. The minimum Gasteiger partial charge on any atom is -0.466 e. The van der Waals surface area contributed by atoms with Gasteiger partial charge < -0.3 is 20.4 Å². The van der Waals surface area contributed by atoms with Gasteiger partial charge in [0.15, 0.2) is 0 Å². The number of aliphatic hydroxyl groups is 2. The average Bonchev–Trinajstić information content (AvgIpc) is 2.87. The van der Waals surface area contributed by atoms with Crippen LogP contribution in [0.5, 0.6) is 0 Å². The standard InChI is InChI=1S/C12H20N2O3.2ClH/c1-8-2-3-12(17-8)10-4-14(5-11(10)13)9(6-15)7-16;;/h2-3,9-11,15-16H,4-7,13H2,1H3;2*1H/t10-,11-;;/m0../s1. The van der Waals surface area contributed by atoms with Gasteiger partial charge in [0, 0.05) is 25.0 Å². The highest BCUT2D eigenvalue weighted by Crippen LogP contribution is 2.28. The lowest BCUT2D eigenvalue weighted by atomic mass is 10.0. The minimum absolute atomic E-state index is 0. The molecule has 1 aliphatic heterocycles. The van der Waals surface area contributed by atoms with Gasteiger partial charge in [0.05, 0.1) is 19.3 Å². The molecule has 4 N–H and O–H groups in total. The topological polar surface area (TPSA) is 82.9 Å². The molecular formula is C12H22Cl2N2O3. The van der Waals surface area contributed by atoms with Crippen molar-refractivity contribution < 1.29 is 14.6 Å². The van der Waals surface area contributed by atoms with Gasteiger partial charge in [0.1, 0.15) is 11.5 Å². The van der Waals surface area contributed by atoms with E-state index in [9.17, 15) is 0 Å². The highest BCUT2D eigenvalue weighted by atomic mass is 35.5. The van der Waals surface area contributed by atoms with Crippen molar-refractivity contribution >= 4 is 24.8 Å². The Morgan fingerprint density at radius 2 is 1.95 bits per heavy atom. The second kappa shape index (κ2) is 8.09. The number of furan rings is 1. The molecule has 0 aliphatic carbocycles. The number of likely N-dealkylation sites (tertiary alicyclic amines) is 1. The number of hydrogen-bond acceptors (Lipinski definition) is 5. The SMILES string of the molecule is Cc1ccc([C@H]2CN(C(CO)CO)C[C@@H]2N)o1.Cl.Cl. The van der Waals surface area contributed by atoms with Crippen molar-refractivity contribution in [2.24, 2.45) is 5.73 Å². The molecule has 112 valence electrons. The Bertz CT molecular complexity index is 372. The maximum absolute atomic E-state index is 9.17. The van der Waals surface area contributed by atoms with Crippen LogP contribution in [0.2, 0.25) is 0 Å². The van der Waals surface area contributed by atoms with E-state index in [1.165, 1.54) is 0 Å². The monoisotopic (exact) mass is 312 g/mol. The van der Waals surface area contributed by atoms with E-state index in [2.05, 4.69) is 0 Å². The van der Waals surface area contributed by atoms with Crippen molar-refractivity contribution in [2.75, 3.05) is 26.3 Å². The Labute approximate surface area is 125 Å². The van der Waals surface area contributed by atoms with Crippen molar-refractivity contribution in [3.8, 4) is 0 Å². The number of nitrogens with zero attached hydrogens (tertiary/aromatic N) is 1. The van der Waals surface area contributed by atoms with Gasteiger partial charge in [0.25, 0.3) is 0 Å². The van der Waals surface area contributed by atoms with Crippen LogP contribution in [0, 0.1) is 6.92 Å². The zero-order chi connectivity index (χ0) is 12.4. The first-order valence-corrected chi connectivity index (χ1v) is 5.93. The van der Waals surface area contributed by atoms with Crippen LogP contribution in [-0.4, -0.2) is 53.5 Å². The summed E-state index contributed by atoms with van der Waals surface area (Å²) in [6.07, 6.45) is 0. The number of aliphatic hydroxyl groups excluding tert-OH is 2. The average molecular weight is 313 g/mol. The first kappa shape index (κ1) is 18.7. The molecule has 0 unspecified atom stereocenters.